The van der Waals surface area contributed by atoms with Crippen LogP contribution in [-0.2, 0) is 9.59 Å². The number of urea groups is 1. The SMILES string of the molecule is CC(=O)Nc1cccc(NC(=O)C2CCCN2C(=O)Nc2ccc(Cl)cc2)c1. The molecule has 0 spiro atoms. The Balaban J connectivity index is 1.65. The van der Waals surface area contributed by atoms with Crippen molar-refractivity contribution in [3.05, 3.63) is 53.6 Å². The summed E-state index contributed by atoms with van der Waals surface area (Å²) in [6.45, 7) is 1.92. The molecule has 2 aromatic carbocycles. The van der Waals surface area contributed by atoms with Crippen LogP contribution in [0.1, 0.15) is 19.8 Å². The van der Waals surface area contributed by atoms with Gasteiger partial charge in [-0.3, -0.25) is 9.59 Å². The molecule has 7 nitrogen and oxygen atoms in total. The Labute approximate surface area is 168 Å². The van der Waals surface area contributed by atoms with Gasteiger partial charge in [0.1, 0.15) is 6.04 Å². The summed E-state index contributed by atoms with van der Waals surface area (Å²) in [5, 5.41) is 8.87. The van der Waals surface area contributed by atoms with Crippen LogP contribution in [0.5, 0.6) is 0 Å². The number of carbonyl (C=O) groups excluding carboxylic acids is 3. The number of carbonyl (C=O) groups is 3. The monoisotopic (exact) mass is 400 g/mol. The fraction of sp³-hybridized carbons (Fsp3) is 0.250. The number of hydrogen-bond donors (Lipinski definition) is 3. The van der Waals surface area contributed by atoms with Gasteiger partial charge in [-0.1, -0.05) is 17.7 Å². The quantitative estimate of drug-likeness (QED) is 0.726. The molecule has 4 amide bonds. The summed E-state index contributed by atoms with van der Waals surface area (Å²) < 4.78 is 0. The summed E-state index contributed by atoms with van der Waals surface area (Å²) in [4.78, 5) is 38.0. The molecule has 0 radical (unpaired) electrons. The van der Waals surface area contributed by atoms with Gasteiger partial charge in [-0.05, 0) is 55.3 Å². The number of anilines is 3. The van der Waals surface area contributed by atoms with Gasteiger partial charge < -0.3 is 20.9 Å². The topological polar surface area (TPSA) is 90.5 Å². The van der Waals surface area contributed by atoms with Crippen LogP contribution in [0.3, 0.4) is 0 Å². The third kappa shape index (κ3) is 5.01. The molecular weight excluding hydrogens is 380 g/mol. The highest BCUT2D eigenvalue weighted by Gasteiger charge is 2.34. The van der Waals surface area contributed by atoms with Crippen LogP contribution >= 0.6 is 11.6 Å². The largest absolute Gasteiger partial charge is 0.326 e. The molecule has 146 valence electrons. The van der Waals surface area contributed by atoms with Gasteiger partial charge in [0.05, 0.1) is 0 Å². The molecule has 1 aliphatic heterocycles. The van der Waals surface area contributed by atoms with Crippen LogP contribution in [0, 0.1) is 0 Å². The minimum Gasteiger partial charge on any atom is -0.326 e. The van der Waals surface area contributed by atoms with E-state index < -0.39 is 6.04 Å². The van der Waals surface area contributed by atoms with Crippen molar-refractivity contribution in [1.82, 2.24) is 4.90 Å². The minimum absolute atomic E-state index is 0.190. The normalized spacial score (nSPS) is 15.8. The van der Waals surface area contributed by atoms with Crippen LogP contribution in [0.15, 0.2) is 48.5 Å². The number of nitrogens with one attached hydrogen (secondary N) is 3. The lowest BCUT2D eigenvalue weighted by Gasteiger charge is -2.24. The second-order valence-electron chi connectivity index (χ2n) is 6.54. The van der Waals surface area contributed by atoms with E-state index in [1.54, 1.807) is 48.5 Å². The molecule has 1 unspecified atom stereocenters. The second-order valence-corrected chi connectivity index (χ2v) is 6.98. The van der Waals surface area contributed by atoms with Gasteiger partial charge in [-0.25, -0.2) is 4.79 Å². The average Bonchev–Trinajstić information content (AvgIpc) is 3.13. The molecule has 0 saturated carbocycles. The summed E-state index contributed by atoms with van der Waals surface area (Å²) in [7, 11) is 0. The van der Waals surface area contributed by atoms with Gasteiger partial charge in [0.2, 0.25) is 11.8 Å². The molecule has 1 atom stereocenters. The maximum atomic E-state index is 12.7. The predicted octanol–water partition coefficient (Wildman–Crippen LogP) is 3.93. The van der Waals surface area contributed by atoms with Crippen molar-refractivity contribution in [2.24, 2.45) is 0 Å². The summed E-state index contributed by atoms with van der Waals surface area (Å²) in [6, 6.07) is 12.8. The lowest BCUT2D eigenvalue weighted by atomic mass is 10.2. The van der Waals surface area contributed by atoms with Crippen LogP contribution in [0.25, 0.3) is 0 Å². The van der Waals surface area contributed by atoms with E-state index in [0.717, 1.165) is 6.42 Å². The van der Waals surface area contributed by atoms with E-state index in [9.17, 15) is 14.4 Å². The van der Waals surface area contributed by atoms with Crippen LogP contribution in [-0.4, -0.2) is 35.3 Å². The zero-order chi connectivity index (χ0) is 20.1. The Kier molecular flexibility index (Phi) is 6.16. The van der Waals surface area contributed by atoms with Crippen molar-refractivity contribution in [2.45, 2.75) is 25.8 Å². The van der Waals surface area contributed by atoms with Crippen molar-refractivity contribution in [3.63, 3.8) is 0 Å². The van der Waals surface area contributed by atoms with E-state index in [2.05, 4.69) is 16.0 Å². The molecule has 3 rings (SSSR count). The average molecular weight is 401 g/mol. The van der Waals surface area contributed by atoms with Crippen molar-refractivity contribution in [3.8, 4) is 0 Å². The number of hydrogen-bond acceptors (Lipinski definition) is 3. The smallest absolute Gasteiger partial charge is 0.322 e. The molecule has 0 aliphatic carbocycles. The summed E-state index contributed by atoms with van der Waals surface area (Å²) >= 11 is 5.86. The van der Waals surface area contributed by atoms with Gasteiger partial charge >= 0.3 is 6.03 Å². The maximum absolute atomic E-state index is 12.7. The Morgan fingerprint density at radius 1 is 0.964 bits per heavy atom. The second kappa shape index (κ2) is 8.75. The Morgan fingerprint density at radius 2 is 1.64 bits per heavy atom. The molecular formula is C20H21ClN4O3. The fourth-order valence-corrected chi connectivity index (χ4v) is 3.24. The molecule has 1 heterocycles. The highest BCUT2D eigenvalue weighted by Crippen LogP contribution is 2.22. The van der Waals surface area contributed by atoms with Gasteiger partial charge in [-0.15, -0.1) is 0 Å². The lowest BCUT2D eigenvalue weighted by Crippen LogP contribution is -2.45. The van der Waals surface area contributed by atoms with E-state index in [-0.39, 0.29) is 17.8 Å². The number of likely N-dealkylation sites (tertiary alicyclic amines) is 1. The molecule has 1 fully saturated rings. The summed E-state index contributed by atoms with van der Waals surface area (Å²) in [6.07, 6.45) is 1.34. The molecule has 3 N–H and O–H groups in total. The van der Waals surface area contributed by atoms with Crippen molar-refractivity contribution < 1.29 is 14.4 Å². The Morgan fingerprint density at radius 3 is 2.32 bits per heavy atom. The van der Waals surface area contributed by atoms with Crippen LogP contribution < -0.4 is 16.0 Å². The first-order chi connectivity index (χ1) is 13.4. The first kappa shape index (κ1) is 19.7. The van der Waals surface area contributed by atoms with Gasteiger partial charge in [0.25, 0.3) is 0 Å². The molecule has 8 heteroatoms. The van der Waals surface area contributed by atoms with Crippen molar-refractivity contribution >= 4 is 46.5 Å². The lowest BCUT2D eigenvalue weighted by molar-refractivity contribution is -0.119. The highest BCUT2D eigenvalue weighted by molar-refractivity contribution is 6.30. The molecule has 0 bridgehead atoms. The van der Waals surface area contributed by atoms with E-state index in [4.69, 9.17) is 11.6 Å². The third-order valence-corrected chi connectivity index (χ3v) is 4.61. The minimum atomic E-state index is -0.559. The van der Waals surface area contributed by atoms with E-state index in [0.29, 0.717) is 35.1 Å². The molecule has 28 heavy (non-hydrogen) atoms. The summed E-state index contributed by atoms with van der Waals surface area (Å²) in [5.74, 6) is -0.451. The predicted molar refractivity (Wildman–Crippen MR) is 110 cm³/mol. The Bertz CT molecular complexity index is 885. The molecule has 0 aromatic heterocycles. The maximum Gasteiger partial charge on any atom is 0.322 e. The number of benzene rings is 2. The zero-order valence-electron chi connectivity index (χ0n) is 15.4. The van der Waals surface area contributed by atoms with Crippen molar-refractivity contribution in [1.29, 1.82) is 0 Å². The first-order valence-corrected chi connectivity index (χ1v) is 9.32. The molecule has 1 saturated heterocycles. The van der Waals surface area contributed by atoms with Crippen LogP contribution in [0.2, 0.25) is 5.02 Å². The van der Waals surface area contributed by atoms with E-state index in [1.165, 1.54) is 11.8 Å². The Hall–Kier alpha value is -3.06. The van der Waals surface area contributed by atoms with Crippen LogP contribution in [0.4, 0.5) is 21.9 Å². The fourth-order valence-electron chi connectivity index (χ4n) is 3.11. The van der Waals surface area contributed by atoms with Gasteiger partial charge in [-0.2, -0.15) is 0 Å². The van der Waals surface area contributed by atoms with E-state index in [1.807, 2.05) is 0 Å². The summed E-state index contributed by atoms with van der Waals surface area (Å²) in [5.41, 5.74) is 1.76. The zero-order valence-corrected chi connectivity index (χ0v) is 16.1. The van der Waals surface area contributed by atoms with E-state index >= 15 is 0 Å². The molecule has 1 aliphatic rings. The number of nitrogens with zero attached hydrogens (tertiary/aromatic N) is 1. The number of halogens is 1. The number of rotatable bonds is 4. The highest BCUT2D eigenvalue weighted by atomic mass is 35.5. The standard InChI is InChI=1S/C20H21ClN4O3/c1-13(26)22-16-4-2-5-17(12-16)23-19(27)18-6-3-11-25(18)20(28)24-15-9-7-14(21)8-10-15/h2,4-5,7-10,12,18H,3,6,11H2,1H3,(H,22,26)(H,23,27)(H,24,28). The number of amides is 4. The van der Waals surface area contributed by atoms with Gasteiger partial charge in [0, 0.05) is 35.6 Å². The van der Waals surface area contributed by atoms with Gasteiger partial charge in [0.15, 0.2) is 0 Å². The third-order valence-electron chi connectivity index (χ3n) is 4.36. The van der Waals surface area contributed by atoms with Crippen molar-refractivity contribution in [2.75, 3.05) is 22.5 Å². The molecule has 2 aromatic rings. The first-order valence-electron chi connectivity index (χ1n) is 8.94.